The van der Waals surface area contributed by atoms with E-state index in [1.807, 2.05) is 13.8 Å². The summed E-state index contributed by atoms with van der Waals surface area (Å²) in [4.78, 5) is 0.113. The van der Waals surface area contributed by atoms with Gasteiger partial charge in [0.25, 0.3) is 0 Å². The van der Waals surface area contributed by atoms with Gasteiger partial charge < -0.3 is 15.2 Å². The Morgan fingerprint density at radius 1 is 1.35 bits per heavy atom. The van der Waals surface area contributed by atoms with Gasteiger partial charge in [-0.3, -0.25) is 0 Å². The summed E-state index contributed by atoms with van der Waals surface area (Å²) in [6.45, 7) is 4.35. The van der Waals surface area contributed by atoms with E-state index >= 15 is 0 Å². The summed E-state index contributed by atoms with van der Waals surface area (Å²) in [5.74, 6) is 0.465. The van der Waals surface area contributed by atoms with E-state index in [4.69, 9.17) is 15.2 Å². The van der Waals surface area contributed by atoms with Crippen molar-refractivity contribution in [2.24, 2.45) is 0 Å². The van der Waals surface area contributed by atoms with Gasteiger partial charge in [-0.15, -0.1) is 0 Å². The van der Waals surface area contributed by atoms with Gasteiger partial charge >= 0.3 is 0 Å². The standard InChI is InChI=1S/C13H22N2O4S/c1-13(2,18-4)7-8-19-12-6-5-10(9-11(12)14)20(16,17)15-3/h5-6,9,15H,7-8,14H2,1-4H3. The molecular weight excluding hydrogens is 280 g/mol. The molecule has 0 aliphatic carbocycles. The van der Waals surface area contributed by atoms with Crippen molar-refractivity contribution in [1.29, 1.82) is 0 Å². The quantitative estimate of drug-likeness (QED) is 0.742. The zero-order valence-electron chi connectivity index (χ0n) is 12.3. The Hall–Kier alpha value is -1.31. The molecule has 114 valence electrons. The average Bonchev–Trinajstić information content (AvgIpc) is 2.40. The Bertz CT molecular complexity index is 555. The molecule has 20 heavy (non-hydrogen) atoms. The molecule has 0 unspecified atom stereocenters. The number of rotatable bonds is 7. The van der Waals surface area contributed by atoms with Crippen LogP contribution in [0.4, 0.5) is 5.69 Å². The van der Waals surface area contributed by atoms with Gasteiger partial charge in [0, 0.05) is 13.5 Å². The van der Waals surface area contributed by atoms with Gasteiger partial charge in [-0.1, -0.05) is 0 Å². The van der Waals surface area contributed by atoms with Gasteiger partial charge in [-0.25, -0.2) is 13.1 Å². The summed E-state index contributed by atoms with van der Waals surface area (Å²) in [6, 6.07) is 4.39. The minimum Gasteiger partial charge on any atom is -0.491 e. The molecule has 7 heteroatoms. The highest BCUT2D eigenvalue weighted by Gasteiger charge is 2.17. The average molecular weight is 302 g/mol. The fraction of sp³-hybridized carbons (Fsp3) is 0.538. The second-order valence-corrected chi connectivity index (χ2v) is 6.86. The lowest BCUT2D eigenvalue weighted by Crippen LogP contribution is -2.25. The van der Waals surface area contributed by atoms with E-state index in [-0.39, 0.29) is 16.2 Å². The smallest absolute Gasteiger partial charge is 0.240 e. The van der Waals surface area contributed by atoms with Crippen LogP contribution in [-0.4, -0.2) is 34.8 Å². The first-order chi connectivity index (χ1) is 9.22. The molecule has 0 radical (unpaired) electrons. The first-order valence-corrected chi connectivity index (χ1v) is 7.71. The van der Waals surface area contributed by atoms with E-state index < -0.39 is 10.0 Å². The number of anilines is 1. The molecule has 0 amide bonds. The molecule has 1 rings (SSSR count). The highest BCUT2D eigenvalue weighted by Crippen LogP contribution is 2.25. The summed E-state index contributed by atoms with van der Waals surface area (Å²) >= 11 is 0. The van der Waals surface area contributed by atoms with Gasteiger partial charge in [0.2, 0.25) is 10.0 Å². The zero-order chi connectivity index (χ0) is 15.4. The van der Waals surface area contributed by atoms with E-state index in [2.05, 4.69) is 4.72 Å². The van der Waals surface area contributed by atoms with Crippen LogP contribution < -0.4 is 15.2 Å². The predicted molar refractivity (Wildman–Crippen MR) is 78.3 cm³/mol. The molecule has 0 aliphatic rings. The first kappa shape index (κ1) is 16.7. The molecular formula is C13H22N2O4S. The lowest BCUT2D eigenvalue weighted by Gasteiger charge is -2.22. The molecule has 0 bridgehead atoms. The predicted octanol–water partition coefficient (Wildman–Crippen LogP) is 1.37. The number of nitrogens with one attached hydrogen (secondary N) is 1. The molecule has 6 nitrogen and oxygen atoms in total. The normalized spacial score (nSPS) is 12.4. The van der Waals surface area contributed by atoms with Crippen LogP contribution in [-0.2, 0) is 14.8 Å². The Labute approximate surface area is 120 Å². The van der Waals surface area contributed by atoms with Crippen LogP contribution in [0, 0.1) is 0 Å². The number of methoxy groups -OCH3 is 1. The first-order valence-electron chi connectivity index (χ1n) is 6.23. The van der Waals surface area contributed by atoms with Gasteiger partial charge in [0.05, 0.1) is 22.8 Å². The van der Waals surface area contributed by atoms with E-state index in [0.29, 0.717) is 18.8 Å². The van der Waals surface area contributed by atoms with Gasteiger partial charge in [-0.2, -0.15) is 0 Å². The van der Waals surface area contributed by atoms with Crippen molar-refractivity contribution >= 4 is 15.7 Å². The molecule has 0 saturated carbocycles. The number of sulfonamides is 1. The fourth-order valence-electron chi connectivity index (χ4n) is 1.45. The van der Waals surface area contributed by atoms with E-state index in [1.54, 1.807) is 13.2 Å². The van der Waals surface area contributed by atoms with E-state index in [9.17, 15) is 8.42 Å². The van der Waals surface area contributed by atoms with Crippen LogP contribution in [0.1, 0.15) is 20.3 Å². The number of benzene rings is 1. The molecule has 3 N–H and O–H groups in total. The summed E-state index contributed by atoms with van der Waals surface area (Å²) in [5.41, 5.74) is 5.82. The largest absolute Gasteiger partial charge is 0.491 e. The molecule has 0 saturated heterocycles. The van der Waals surface area contributed by atoms with Crippen LogP contribution >= 0.6 is 0 Å². The Balaban J connectivity index is 2.75. The third-order valence-corrected chi connectivity index (χ3v) is 4.49. The van der Waals surface area contributed by atoms with Crippen molar-refractivity contribution < 1.29 is 17.9 Å². The van der Waals surface area contributed by atoms with E-state index in [0.717, 1.165) is 0 Å². The van der Waals surface area contributed by atoms with E-state index in [1.165, 1.54) is 19.2 Å². The minimum absolute atomic E-state index is 0.113. The van der Waals surface area contributed by atoms with Crippen molar-refractivity contribution in [3.63, 3.8) is 0 Å². The molecule has 0 aliphatic heterocycles. The SMILES string of the molecule is CNS(=O)(=O)c1ccc(OCCC(C)(C)OC)c(N)c1. The van der Waals surface area contributed by atoms with Gasteiger partial charge in [0.1, 0.15) is 5.75 Å². The molecule has 0 fully saturated rings. The van der Waals surface area contributed by atoms with Crippen molar-refractivity contribution in [1.82, 2.24) is 4.72 Å². The molecule has 0 aromatic heterocycles. The number of nitrogen functional groups attached to an aromatic ring is 1. The third-order valence-electron chi connectivity index (χ3n) is 3.07. The molecule has 0 atom stereocenters. The summed E-state index contributed by atoms with van der Waals surface area (Å²) in [7, 11) is -0.496. The highest BCUT2D eigenvalue weighted by molar-refractivity contribution is 7.89. The summed E-state index contributed by atoms with van der Waals surface area (Å²) in [5, 5.41) is 0. The highest BCUT2D eigenvalue weighted by atomic mass is 32.2. The molecule has 1 aromatic carbocycles. The van der Waals surface area contributed by atoms with Crippen LogP contribution in [0.5, 0.6) is 5.75 Å². The second kappa shape index (κ2) is 6.43. The number of hydrogen-bond acceptors (Lipinski definition) is 5. The lowest BCUT2D eigenvalue weighted by atomic mass is 10.1. The van der Waals surface area contributed by atoms with Crippen molar-refractivity contribution in [2.45, 2.75) is 30.8 Å². The van der Waals surface area contributed by atoms with Gasteiger partial charge in [-0.05, 0) is 39.1 Å². The molecule has 0 heterocycles. The van der Waals surface area contributed by atoms with Crippen molar-refractivity contribution in [2.75, 3.05) is 26.5 Å². The van der Waals surface area contributed by atoms with Crippen molar-refractivity contribution in [3.05, 3.63) is 18.2 Å². The van der Waals surface area contributed by atoms with Crippen LogP contribution in [0.3, 0.4) is 0 Å². The van der Waals surface area contributed by atoms with Crippen LogP contribution in [0.25, 0.3) is 0 Å². The maximum Gasteiger partial charge on any atom is 0.240 e. The maximum absolute atomic E-state index is 11.6. The zero-order valence-corrected chi connectivity index (χ0v) is 13.1. The van der Waals surface area contributed by atoms with Crippen LogP contribution in [0.15, 0.2) is 23.1 Å². The fourth-order valence-corrected chi connectivity index (χ4v) is 2.22. The molecule has 1 aromatic rings. The maximum atomic E-state index is 11.6. The minimum atomic E-state index is -3.49. The number of hydrogen-bond donors (Lipinski definition) is 2. The van der Waals surface area contributed by atoms with Crippen molar-refractivity contribution in [3.8, 4) is 5.75 Å². The Kier molecular flexibility index (Phi) is 5.38. The lowest BCUT2D eigenvalue weighted by molar-refractivity contribution is 0.00551. The third kappa shape index (κ3) is 4.36. The molecule has 0 spiro atoms. The Morgan fingerprint density at radius 2 is 2.00 bits per heavy atom. The summed E-state index contributed by atoms with van der Waals surface area (Å²) in [6.07, 6.45) is 0.694. The topological polar surface area (TPSA) is 90.7 Å². The van der Waals surface area contributed by atoms with Gasteiger partial charge in [0.15, 0.2) is 0 Å². The monoisotopic (exact) mass is 302 g/mol. The Morgan fingerprint density at radius 3 is 2.50 bits per heavy atom. The second-order valence-electron chi connectivity index (χ2n) is 4.97. The number of nitrogens with two attached hydrogens (primary N) is 1. The number of ether oxygens (including phenoxy) is 2. The summed E-state index contributed by atoms with van der Waals surface area (Å²) < 4.78 is 36.3. The van der Waals surface area contributed by atoms with Crippen LogP contribution in [0.2, 0.25) is 0 Å².